The Morgan fingerprint density at radius 2 is 1.31 bits per heavy atom. The monoisotopic (exact) mass is 710 g/mol. The van der Waals surface area contributed by atoms with Crippen LogP contribution in [0.5, 0.6) is 0 Å². The Hall–Kier alpha value is -6.69. The lowest BCUT2D eigenvalue weighted by Crippen LogP contribution is -2.10. The van der Waals surface area contributed by atoms with Gasteiger partial charge in [0.25, 0.3) is 0 Å². The van der Waals surface area contributed by atoms with Gasteiger partial charge in [-0.05, 0) is 67.4 Å². The van der Waals surface area contributed by atoms with Crippen LogP contribution >= 0.6 is 11.3 Å². The van der Waals surface area contributed by atoms with Gasteiger partial charge in [-0.1, -0.05) is 97.1 Å². The summed E-state index contributed by atoms with van der Waals surface area (Å²) in [7, 11) is 0. The highest BCUT2D eigenvalue weighted by Crippen LogP contribution is 2.46. The molecule has 4 heterocycles. The molecular formula is C49H30N2O2S. The van der Waals surface area contributed by atoms with Crippen LogP contribution in [0.4, 0.5) is 17.1 Å². The van der Waals surface area contributed by atoms with Crippen LogP contribution in [-0.4, -0.2) is 4.98 Å². The summed E-state index contributed by atoms with van der Waals surface area (Å²) in [4.78, 5) is 7.61. The number of thiophene rings is 1. The van der Waals surface area contributed by atoms with E-state index >= 15 is 0 Å². The fraction of sp³-hybridized carbons (Fsp3) is 0.0408. The quantitative estimate of drug-likeness (QED) is 0.171. The largest absolute Gasteiger partial charge is 0.456 e. The van der Waals surface area contributed by atoms with Crippen molar-refractivity contribution < 1.29 is 8.83 Å². The maximum Gasteiger partial charge on any atom is 0.159 e. The first-order valence-corrected chi connectivity index (χ1v) is 19.2. The van der Waals surface area contributed by atoms with Crippen molar-refractivity contribution in [3.63, 3.8) is 0 Å². The van der Waals surface area contributed by atoms with Gasteiger partial charge in [-0.25, -0.2) is 4.98 Å². The zero-order valence-corrected chi connectivity index (χ0v) is 29.9. The van der Waals surface area contributed by atoms with Crippen molar-refractivity contribution in [1.82, 2.24) is 4.98 Å². The number of para-hydroxylation sites is 3. The van der Waals surface area contributed by atoms with Crippen LogP contribution < -0.4 is 4.90 Å². The number of aryl methyl sites for hydroxylation is 1. The van der Waals surface area contributed by atoms with Crippen molar-refractivity contribution in [1.29, 1.82) is 0 Å². The van der Waals surface area contributed by atoms with Gasteiger partial charge in [0.15, 0.2) is 5.58 Å². The Kier molecular flexibility index (Phi) is 6.30. The van der Waals surface area contributed by atoms with E-state index < -0.39 is 0 Å². The summed E-state index contributed by atoms with van der Waals surface area (Å²) in [5.41, 5.74) is 9.95. The third-order valence-corrected chi connectivity index (χ3v) is 12.3. The number of fused-ring (bicyclic) bond motifs is 13. The highest BCUT2D eigenvalue weighted by Gasteiger charge is 2.23. The van der Waals surface area contributed by atoms with Gasteiger partial charge in [-0.15, -0.1) is 11.3 Å². The van der Waals surface area contributed by atoms with Gasteiger partial charge in [0.05, 0.1) is 22.6 Å². The van der Waals surface area contributed by atoms with Crippen LogP contribution in [0, 0.1) is 0 Å². The molecule has 4 nitrogen and oxygen atoms in total. The zero-order chi connectivity index (χ0) is 35.3. The first kappa shape index (κ1) is 29.8. The van der Waals surface area contributed by atoms with E-state index in [0.717, 1.165) is 90.7 Å². The summed E-state index contributed by atoms with van der Waals surface area (Å²) in [5.74, 6) is 0.953. The number of hydrogen-bond donors (Lipinski definition) is 0. The molecule has 0 saturated heterocycles. The van der Waals surface area contributed by atoms with Gasteiger partial charge < -0.3 is 13.7 Å². The Morgan fingerprint density at radius 3 is 2.24 bits per heavy atom. The number of aromatic nitrogens is 1. The van der Waals surface area contributed by atoms with Gasteiger partial charge in [0.1, 0.15) is 16.9 Å². The van der Waals surface area contributed by atoms with Crippen LogP contribution in [0.2, 0.25) is 0 Å². The van der Waals surface area contributed by atoms with Gasteiger partial charge in [-0.3, -0.25) is 0 Å². The Bertz CT molecular complexity index is 3350. The SMILES string of the molecule is C1=Cc2oc3c(N(c4ccc(-c5nc6ccccc6c6c5ccc5c7ccccc7sc56)cc4)c4ccc5c(c4)oc4ccccc45)cccc3c2CC1. The third-order valence-electron chi connectivity index (χ3n) is 11.1. The first-order valence-electron chi connectivity index (χ1n) is 18.4. The number of hydrogen-bond acceptors (Lipinski definition) is 5. The number of furan rings is 2. The van der Waals surface area contributed by atoms with Gasteiger partial charge in [0.2, 0.25) is 0 Å². The van der Waals surface area contributed by atoms with Crippen molar-refractivity contribution in [3.05, 3.63) is 163 Å². The summed E-state index contributed by atoms with van der Waals surface area (Å²) >= 11 is 1.87. The lowest BCUT2D eigenvalue weighted by atomic mass is 9.98. The standard InChI is InChI=1S/C49H30N2O2S/c1-5-15-40-38(13-1)46-39(27-26-37-35-12-4-8-19-45(35)54-49(37)46)47(50-40)29-20-22-30(23-21-29)51(31-24-25-34-32-10-2-6-17-42(32)52-44(34)28-31)41-16-9-14-36-33-11-3-7-18-43(33)53-48(36)41/h1-2,4-10,12-28H,3,11H2. The second-order valence-electron chi connectivity index (χ2n) is 14.1. The van der Waals surface area contributed by atoms with Gasteiger partial charge in [-0.2, -0.15) is 0 Å². The molecule has 1 aliphatic rings. The van der Waals surface area contributed by atoms with E-state index in [0.29, 0.717) is 0 Å². The molecule has 0 amide bonds. The minimum atomic E-state index is 0.851. The topological polar surface area (TPSA) is 42.4 Å². The molecule has 0 radical (unpaired) electrons. The lowest BCUT2D eigenvalue weighted by molar-refractivity contribution is 0.596. The molecule has 0 bridgehead atoms. The fourth-order valence-corrected chi connectivity index (χ4v) is 9.91. The Morgan fingerprint density at radius 1 is 0.574 bits per heavy atom. The van der Waals surface area contributed by atoms with E-state index in [-0.39, 0.29) is 0 Å². The van der Waals surface area contributed by atoms with Crippen LogP contribution in [0.3, 0.4) is 0 Å². The average Bonchev–Trinajstić information content (AvgIpc) is 3.92. The highest BCUT2D eigenvalue weighted by atomic mass is 32.1. The van der Waals surface area contributed by atoms with Gasteiger partial charge >= 0.3 is 0 Å². The minimum absolute atomic E-state index is 0.851. The van der Waals surface area contributed by atoms with Crippen molar-refractivity contribution in [2.45, 2.75) is 12.8 Å². The number of pyridine rings is 1. The molecule has 11 aromatic rings. The molecule has 0 aliphatic heterocycles. The van der Waals surface area contributed by atoms with E-state index in [4.69, 9.17) is 13.8 Å². The molecule has 254 valence electrons. The molecular weight excluding hydrogens is 681 g/mol. The van der Waals surface area contributed by atoms with Gasteiger partial charge in [0, 0.05) is 75.4 Å². The summed E-state index contributed by atoms with van der Waals surface area (Å²) in [6.07, 6.45) is 6.32. The number of anilines is 3. The molecule has 5 heteroatoms. The number of rotatable bonds is 4. The van der Waals surface area contributed by atoms with Crippen molar-refractivity contribution in [3.8, 4) is 11.3 Å². The predicted octanol–water partition coefficient (Wildman–Crippen LogP) is 14.5. The molecule has 12 rings (SSSR count). The Balaban J connectivity index is 1.06. The van der Waals surface area contributed by atoms with E-state index in [1.165, 1.54) is 36.5 Å². The van der Waals surface area contributed by atoms with E-state index in [9.17, 15) is 0 Å². The maximum absolute atomic E-state index is 6.66. The van der Waals surface area contributed by atoms with E-state index in [2.05, 4.69) is 151 Å². The van der Waals surface area contributed by atoms with Crippen LogP contribution in [0.25, 0.3) is 92.1 Å². The molecule has 0 atom stereocenters. The highest BCUT2D eigenvalue weighted by molar-refractivity contribution is 7.26. The molecule has 0 fully saturated rings. The number of benzene rings is 7. The molecule has 4 aromatic heterocycles. The number of allylic oxidation sites excluding steroid dienone is 1. The second kappa shape index (κ2) is 11.4. The summed E-state index contributed by atoms with van der Waals surface area (Å²) in [5, 5.41) is 9.58. The van der Waals surface area contributed by atoms with E-state index in [1.807, 2.05) is 23.5 Å². The molecule has 0 spiro atoms. The summed E-state index contributed by atoms with van der Waals surface area (Å²) in [6, 6.07) is 51.9. The molecule has 7 aromatic carbocycles. The smallest absolute Gasteiger partial charge is 0.159 e. The molecule has 54 heavy (non-hydrogen) atoms. The number of nitrogens with zero attached hydrogens (tertiary/aromatic N) is 2. The predicted molar refractivity (Wildman–Crippen MR) is 227 cm³/mol. The lowest BCUT2D eigenvalue weighted by Gasteiger charge is -2.25. The molecule has 0 saturated carbocycles. The molecule has 0 unspecified atom stereocenters. The zero-order valence-electron chi connectivity index (χ0n) is 29.0. The first-order chi connectivity index (χ1) is 26.8. The third kappa shape index (κ3) is 4.33. The second-order valence-corrected chi connectivity index (χ2v) is 15.2. The summed E-state index contributed by atoms with van der Waals surface area (Å²) < 4.78 is 15.7. The van der Waals surface area contributed by atoms with Crippen LogP contribution in [-0.2, 0) is 6.42 Å². The molecule has 1 aliphatic carbocycles. The van der Waals surface area contributed by atoms with Crippen molar-refractivity contribution in [2.24, 2.45) is 0 Å². The molecule has 0 N–H and O–H groups in total. The maximum atomic E-state index is 6.66. The van der Waals surface area contributed by atoms with Crippen molar-refractivity contribution in [2.75, 3.05) is 4.90 Å². The van der Waals surface area contributed by atoms with Crippen LogP contribution in [0.1, 0.15) is 17.7 Å². The van der Waals surface area contributed by atoms with E-state index in [1.54, 1.807) is 0 Å². The Labute approximate surface area is 313 Å². The van der Waals surface area contributed by atoms with Crippen LogP contribution in [0.15, 0.2) is 161 Å². The van der Waals surface area contributed by atoms with Crippen molar-refractivity contribution >= 4 is 109 Å². The fourth-order valence-electron chi connectivity index (χ4n) is 8.65. The normalized spacial score (nSPS) is 13.0. The minimum Gasteiger partial charge on any atom is -0.456 e. The summed E-state index contributed by atoms with van der Waals surface area (Å²) in [6.45, 7) is 0. The average molecular weight is 711 g/mol.